The average Bonchev–Trinajstić information content (AvgIpc) is 2.84. The van der Waals surface area contributed by atoms with Crippen molar-refractivity contribution in [1.82, 2.24) is 0 Å². The fourth-order valence-electron chi connectivity index (χ4n) is 3.88. The van der Waals surface area contributed by atoms with Gasteiger partial charge in [-0.3, -0.25) is 0 Å². The van der Waals surface area contributed by atoms with E-state index >= 15 is 0 Å². The maximum absolute atomic E-state index is 10.3. The molecule has 0 heterocycles. The van der Waals surface area contributed by atoms with Gasteiger partial charge >= 0.3 is 0 Å². The molecule has 0 radical (unpaired) electrons. The first-order chi connectivity index (χ1) is 17.2. The van der Waals surface area contributed by atoms with Crippen LogP contribution in [-0.2, 0) is 25.7 Å². The summed E-state index contributed by atoms with van der Waals surface area (Å²) < 4.78 is 5.77. The molecule has 0 unspecified atom stereocenters. The van der Waals surface area contributed by atoms with Crippen LogP contribution >= 0.6 is 0 Å². The lowest BCUT2D eigenvalue weighted by atomic mass is 10.0. The lowest BCUT2D eigenvalue weighted by Gasteiger charge is -2.14. The van der Waals surface area contributed by atoms with Crippen molar-refractivity contribution in [2.24, 2.45) is 0 Å². The lowest BCUT2D eigenvalue weighted by Crippen LogP contribution is -1.95. The largest absolute Gasteiger partial charge is 0.508 e. The Morgan fingerprint density at radius 2 is 0.972 bits per heavy atom. The predicted octanol–water partition coefficient (Wildman–Crippen LogP) is 4.99. The van der Waals surface area contributed by atoms with E-state index in [0.29, 0.717) is 36.8 Å². The van der Waals surface area contributed by atoms with Gasteiger partial charge in [-0.05, 0) is 96.5 Å². The number of benzene rings is 4. The number of aromatic hydroxyl groups is 7. The molecule has 0 aliphatic carbocycles. The molecule has 0 spiro atoms. The predicted molar refractivity (Wildman–Crippen MR) is 132 cm³/mol. The van der Waals surface area contributed by atoms with Gasteiger partial charge in [0.05, 0.1) is 0 Å². The maximum Gasteiger partial charge on any atom is 0.201 e. The van der Waals surface area contributed by atoms with Crippen LogP contribution < -0.4 is 4.74 Å². The molecule has 0 aliphatic rings. The average molecular weight is 491 g/mol. The zero-order valence-electron chi connectivity index (χ0n) is 19.2. The Labute approximate surface area is 207 Å². The molecular formula is C28H26O8. The number of ether oxygens (including phenoxy) is 1. The molecule has 0 bridgehead atoms. The van der Waals surface area contributed by atoms with Crippen LogP contribution in [0.1, 0.15) is 22.3 Å². The van der Waals surface area contributed by atoms with E-state index in [1.807, 2.05) is 6.07 Å². The first-order valence-corrected chi connectivity index (χ1v) is 11.3. The van der Waals surface area contributed by atoms with Gasteiger partial charge in [0.25, 0.3) is 0 Å². The lowest BCUT2D eigenvalue weighted by molar-refractivity contribution is 0.361. The van der Waals surface area contributed by atoms with Crippen LogP contribution in [0.3, 0.4) is 0 Å². The molecule has 186 valence electrons. The molecule has 0 atom stereocenters. The summed E-state index contributed by atoms with van der Waals surface area (Å²) in [5.74, 6) is -2.27. The summed E-state index contributed by atoms with van der Waals surface area (Å²) in [6.45, 7) is 0. The van der Waals surface area contributed by atoms with Gasteiger partial charge in [-0.25, -0.2) is 0 Å². The Bertz CT molecular complexity index is 1370. The highest BCUT2D eigenvalue weighted by molar-refractivity contribution is 5.55. The number of phenolic OH excluding ortho intramolecular Hbond substituents is 7. The third-order valence-electron chi connectivity index (χ3n) is 5.80. The quantitative estimate of drug-likeness (QED) is 0.171. The van der Waals surface area contributed by atoms with Crippen molar-refractivity contribution in [3.63, 3.8) is 0 Å². The minimum absolute atomic E-state index is 0.0539. The second-order valence-corrected chi connectivity index (χ2v) is 8.52. The molecule has 4 aromatic carbocycles. The topological polar surface area (TPSA) is 151 Å². The summed E-state index contributed by atoms with van der Waals surface area (Å²) in [5, 5.41) is 69.4. The number of hydrogen-bond donors (Lipinski definition) is 7. The number of hydrogen-bond acceptors (Lipinski definition) is 8. The zero-order valence-corrected chi connectivity index (χ0v) is 19.2. The normalized spacial score (nSPS) is 10.9. The molecule has 8 heteroatoms. The molecular weight excluding hydrogens is 464 g/mol. The fourth-order valence-corrected chi connectivity index (χ4v) is 3.88. The molecule has 4 aromatic rings. The minimum Gasteiger partial charge on any atom is -0.508 e. The van der Waals surface area contributed by atoms with Crippen molar-refractivity contribution < 1.29 is 40.5 Å². The van der Waals surface area contributed by atoms with Gasteiger partial charge in [0.2, 0.25) is 5.75 Å². The Hall–Kier alpha value is -4.72. The van der Waals surface area contributed by atoms with E-state index in [1.165, 1.54) is 30.3 Å². The van der Waals surface area contributed by atoms with Crippen LogP contribution in [0.25, 0.3) is 0 Å². The Kier molecular flexibility index (Phi) is 6.96. The van der Waals surface area contributed by atoms with Crippen molar-refractivity contribution in [3.8, 4) is 51.7 Å². The van der Waals surface area contributed by atoms with E-state index in [0.717, 1.165) is 11.1 Å². The Balaban J connectivity index is 1.50. The van der Waals surface area contributed by atoms with E-state index < -0.39 is 28.7 Å². The van der Waals surface area contributed by atoms with E-state index in [-0.39, 0.29) is 23.0 Å². The summed E-state index contributed by atoms with van der Waals surface area (Å²) >= 11 is 0. The summed E-state index contributed by atoms with van der Waals surface area (Å²) in [4.78, 5) is 0. The second-order valence-electron chi connectivity index (χ2n) is 8.52. The molecule has 0 saturated heterocycles. The maximum atomic E-state index is 10.3. The third kappa shape index (κ3) is 5.67. The van der Waals surface area contributed by atoms with Crippen LogP contribution in [0.2, 0.25) is 0 Å². The van der Waals surface area contributed by atoms with Crippen molar-refractivity contribution in [3.05, 3.63) is 89.0 Å². The van der Waals surface area contributed by atoms with Gasteiger partial charge in [-0.2, -0.15) is 0 Å². The summed E-state index contributed by atoms with van der Waals surface area (Å²) in [5.41, 5.74) is 2.95. The highest BCUT2D eigenvalue weighted by Crippen LogP contribution is 2.42. The summed E-state index contributed by atoms with van der Waals surface area (Å²) in [6, 6.07) is 17.4. The van der Waals surface area contributed by atoms with Crippen molar-refractivity contribution >= 4 is 0 Å². The number of phenols is 7. The van der Waals surface area contributed by atoms with Crippen LogP contribution in [0.15, 0.2) is 66.7 Å². The van der Waals surface area contributed by atoms with E-state index in [4.69, 9.17) is 4.74 Å². The van der Waals surface area contributed by atoms with E-state index in [2.05, 4.69) is 0 Å². The summed E-state index contributed by atoms with van der Waals surface area (Å²) in [6.07, 6.45) is 1.97. The first-order valence-electron chi connectivity index (χ1n) is 11.3. The molecule has 8 nitrogen and oxygen atoms in total. The molecule has 36 heavy (non-hydrogen) atoms. The fraction of sp³-hybridized carbons (Fsp3) is 0.143. The van der Waals surface area contributed by atoms with Gasteiger partial charge in [0, 0.05) is 0 Å². The van der Waals surface area contributed by atoms with Crippen LogP contribution in [-0.4, -0.2) is 35.7 Å². The van der Waals surface area contributed by atoms with Crippen molar-refractivity contribution in [2.45, 2.75) is 25.7 Å². The standard InChI is InChI=1S/C28H26O8/c29-20-3-1-2-16(10-20)4-5-17-8-9-21(30)25(14-17)36-26-15-19(13-24(33)28(26)35)7-6-18-11-22(31)27(34)23(32)12-18/h1-3,8-15,29-35H,4-7H2. The monoisotopic (exact) mass is 490 g/mol. The molecule has 4 rings (SSSR count). The van der Waals surface area contributed by atoms with Crippen molar-refractivity contribution in [2.75, 3.05) is 0 Å². The van der Waals surface area contributed by atoms with Crippen molar-refractivity contribution in [1.29, 1.82) is 0 Å². The Morgan fingerprint density at radius 1 is 0.444 bits per heavy atom. The van der Waals surface area contributed by atoms with Gasteiger partial charge in [-0.15, -0.1) is 0 Å². The summed E-state index contributed by atoms with van der Waals surface area (Å²) in [7, 11) is 0. The van der Waals surface area contributed by atoms with Gasteiger partial charge in [-0.1, -0.05) is 18.2 Å². The number of rotatable bonds is 8. The van der Waals surface area contributed by atoms with Gasteiger partial charge in [0.15, 0.2) is 40.2 Å². The van der Waals surface area contributed by atoms with Crippen LogP contribution in [0.4, 0.5) is 0 Å². The highest BCUT2D eigenvalue weighted by atomic mass is 16.5. The Morgan fingerprint density at radius 3 is 1.61 bits per heavy atom. The highest BCUT2D eigenvalue weighted by Gasteiger charge is 2.15. The van der Waals surface area contributed by atoms with Gasteiger partial charge in [0.1, 0.15) is 5.75 Å². The molecule has 0 saturated carbocycles. The van der Waals surface area contributed by atoms with E-state index in [9.17, 15) is 35.7 Å². The first kappa shape index (κ1) is 24.4. The molecule has 0 amide bonds. The molecule has 0 aliphatic heterocycles. The molecule has 7 N–H and O–H groups in total. The van der Waals surface area contributed by atoms with Crippen LogP contribution in [0, 0.1) is 0 Å². The molecule has 0 aromatic heterocycles. The van der Waals surface area contributed by atoms with E-state index in [1.54, 1.807) is 30.3 Å². The zero-order chi connectivity index (χ0) is 25.8. The minimum atomic E-state index is -0.597. The van der Waals surface area contributed by atoms with Gasteiger partial charge < -0.3 is 40.5 Å². The third-order valence-corrected chi connectivity index (χ3v) is 5.80. The second kappa shape index (κ2) is 10.3. The van der Waals surface area contributed by atoms with Crippen LogP contribution in [0.5, 0.6) is 51.7 Å². The molecule has 0 fully saturated rings. The SMILES string of the molecule is Oc1cccc(CCc2ccc(O)c(Oc3cc(CCc4cc(O)c(O)c(O)c4)cc(O)c3O)c2)c1. The number of aryl methyl sites for hydroxylation is 4. The smallest absolute Gasteiger partial charge is 0.201 e.